The van der Waals surface area contributed by atoms with Crippen molar-refractivity contribution in [3.63, 3.8) is 0 Å². The Morgan fingerprint density at radius 1 is 1.47 bits per heavy atom. The first-order valence-corrected chi connectivity index (χ1v) is 5.53. The third kappa shape index (κ3) is 2.88. The van der Waals surface area contributed by atoms with Crippen molar-refractivity contribution in [1.29, 1.82) is 0 Å². The molecule has 92 valence electrons. The molecule has 1 aromatic rings. The molecular weight excluding hydrogens is 220 g/mol. The lowest BCUT2D eigenvalue weighted by Crippen LogP contribution is -2.28. The van der Waals surface area contributed by atoms with Gasteiger partial charge in [0.25, 0.3) is 0 Å². The highest BCUT2D eigenvalue weighted by Crippen LogP contribution is 2.29. The molecule has 0 atom stereocenters. The number of ether oxygens (including phenoxy) is 2. The maximum Gasteiger partial charge on any atom is 0.332 e. The number of para-hydroxylation sites is 2. The van der Waals surface area contributed by atoms with Crippen molar-refractivity contribution in [1.82, 2.24) is 0 Å². The Kier molecular flexibility index (Phi) is 3.82. The molecule has 0 amide bonds. The predicted octanol–water partition coefficient (Wildman–Crippen LogP) is 1.07. The molecule has 0 saturated heterocycles. The Balaban J connectivity index is 1.80. The van der Waals surface area contributed by atoms with Crippen LogP contribution >= 0.6 is 0 Å². The number of fused-ring (bicyclic) bond motifs is 1. The number of methoxy groups -OCH3 is 1. The summed E-state index contributed by atoms with van der Waals surface area (Å²) in [5, 5.41) is 3.27. The van der Waals surface area contributed by atoms with E-state index in [2.05, 4.69) is 15.0 Å². The molecule has 0 unspecified atom stereocenters. The van der Waals surface area contributed by atoms with E-state index in [1.807, 2.05) is 24.3 Å². The van der Waals surface area contributed by atoms with E-state index in [-0.39, 0.29) is 12.6 Å². The largest absolute Gasteiger partial charge is 0.462 e. The first-order chi connectivity index (χ1) is 8.31. The molecule has 0 saturated carbocycles. The number of anilines is 2. The van der Waals surface area contributed by atoms with Crippen LogP contribution in [0.25, 0.3) is 0 Å². The third-order valence-corrected chi connectivity index (χ3v) is 2.59. The molecule has 0 aliphatic carbocycles. The van der Waals surface area contributed by atoms with Gasteiger partial charge in [0.1, 0.15) is 13.2 Å². The van der Waals surface area contributed by atoms with E-state index >= 15 is 0 Å². The van der Waals surface area contributed by atoms with Gasteiger partial charge in [0, 0.05) is 7.11 Å². The van der Waals surface area contributed by atoms with E-state index in [0.29, 0.717) is 13.2 Å². The molecule has 5 heteroatoms. The molecule has 17 heavy (non-hydrogen) atoms. The number of hydrogen-bond acceptors (Lipinski definition) is 5. The lowest BCUT2D eigenvalue weighted by atomic mass is 10.3. The van der Waals surface area contributed by atoms with Crippen LogP contribution in [0.5, 0.6) is 0 Å². The molecule has 1 aliphatic rings. The summed E-state index contributed by atoms with van der Waals surface area (Å²) < 4.78 is 9.71. The number of rotatable bonds is 5. The van der Waals surface area contributed by atoms with E-state index in [1.54, 1.807) is 0 Å². The fraction of sp³-hybridized carbons (Fsp3) is 0.417. The summed E-state index contributed by atoms with van der Waals surface area (Å²) in [4.78, 5) is 13.2. The SMILES string of the molecule is COCC(=O)OCCN1CNc2ccccc21. The summed E-state index contributed by atoms with van der Waals surface area (Å²) in [6, 6.07) is 8.07. The van der Waals surface area contributed by atoms with Crippen LogP contribution in [0.1, 0.15) is 0 Å². The molecule has 0 radical (unpaired) electrons. The molecule has 1 heterocycles. The Morgan fingerprint density at radius 2 is 2.29 bits per heavy atom. The Hall–Kier alpha value is -1.75. The van der Waals surface area contributed by atoms with Crippen LogP contribution in [-0.2, 0) is 14.3 Å². The second-order valence-corrected chi connectivity index (χ2v) is 3.77. The number of carbonyl (C=O) groups excluding carboxylic acids is 1. The van der Waals surface area contributed by atoms with Gasteiger partial charge in [0.15, 0.2) is 0 Å². The molecule has 5 nitrogen and oxygen atoms in total. The maximum atomic E-state index is 11.1. The van der Waals surface area contributed by atoms with E-state index in [0.717, 1.165) is 18.0 Å². The zero-order valence-corrected chi connectivity index (χ0v) is 9.81. The quantitative estimate of drug-likeness (QED) is 0.775. The van der Waals surface area contributed by atoms with Crippen molar-refractivity contribution in [2.75, 3.05) is 43.8 Å². The monoisotopic (exact) mass is 236 g/mol. The standard InChI is InChI=1S/C12H16N2O3/c1-16-8-12(15)17-7-6-14-9-13-10-4-2-3-5-11(10)14/h2-5,13H,6-9H2,1H3. The van der Waals surface area contributed by atoms with Gasteiger partial charge in [-0.2, -0.15) is 0 Å². The number of hydrogen-bond donors (Lipinski definition) is 1. The fourth-order valence-electron chi connectivity index (χ4n) is 1.79. The minimum atomic E-state index is -0.326. The topological polar surface area (TPSA) is 50.8 Å². The van der Waals surface area contributed by atoms with Crippen molar-refractivity contribution >= 4 is 17.3 Å². The van der Waals surface area contributed by atoms with E-state index < -0.39 is 0 Å². The second kappa shape index (κ2) is 5.54. The van der Waals surface area contributed by atoms with E-state index in [9.17, 15) is 4.79 Å². The van der Waals surface area contributed by atoms with Gasteiger partial charge in [-0.25, -0.2) is 4.79 Å². The lowest BCUT2D eigenvalue weighted by molar-refractivity contribution is -0.147. The van der Waals surface area contributed by atoms with E-state index in [4.69, 9.17) is 4.74 Å². The number of esters is 1. The molecule has 1 aromatic carbocycles. The Bertz CT molecular complexity index is 395. The summed E-state index contributed by atoms with van der Waals surface area (Å²) in [7, 11) is 1.47. The normalized spacial score (nSPS) is 13.1. The van der Waals surface area contributed by atoms with Crippen LogP contribution in [0.2, 0.25) is 0 Å². The average Bonchev–Trinajstić information content (AvgIpc) is 2.73. The van der Waals surface area contributed by atoms with Crippen molar-refractivity contribution in [2.45, 2.75) is 0 Å². The highest BCUT2D eigenvalue weighted by atomic mass is 16.6. The minimum absolute atomic E-state index is 0.00877. The number of nitrogens with zero attached hydrogens (tertiary/aromatic N) is 1. The Morgan fingerprint density at radius 3 is 3.12 bits per heavy atom. The maximum absolute atomic E-state index is 11.1. The molecule has 1 aliphatic heterocycles. The van der Waals surface area contributed by atoms with Gasteiger partial charge in [-0.15, -0.1) is 0 Å². The van der Waals surface area contributed by atoms with Crippen LogP contribution in [0, 0.1) is 0 Å². The summed E-state index contributed by atoms with van der Waals surface area (Å²) >= 11 is 0. The zero-order valence-electron chi connectivity index (χ0n) is 9.81. The second-order valence-electron chi connectivity index (χ2n) is 3.77. The average molecular weight is 236 g/mol. The third-order valence-electron chi connectivity index (χ3n) is 2.59. The van der Waals surface area contributed by atoms with Gasteiger partial charge >= 0.3 is 5.97 Å². The van der Waals surface area contributed by atoms with Gasteiger partial charge < -0.3 is 19.7 Å². The van der Waals surface area contributed by atoms with Crippen molar-refractivity contribution in [3.05, 3.63) is 24.3 Å². The first-order valence-electron chi connectivity index (χ1n) is 5.53. The van der Waals surface area contributed by atoms with Gasteiger partial charge in [-0.05, 0) is 12.1 Å². The van der Waals surface area contributed by atoms with Gasteiger partial charge in [-0.3, -0.25) is 0 Å². The lowest BCUT2D eigenvalue weighted by Gasteiger charge is -2.17. The molecule has 0 spiro atoms. The van der Waals surface area contributed by atoms with E-state index in [1.165, 1.54) is 7.11 Å². The zero-order chi connectivity index (χ0) is 12.1. The highest BCUT2D eigenvalue weighted by molar-refractivity contribution is 5.74. The number of nitrogens with one attached hydrogen (secondary N) is 1. The van der Waals surface area contributed by atoms with Crippen LogP contribution in [0.4, 0.5) is 11.4 Å². The molecule has 0 aromatic heterocycles. The highest BCUT2D eigenvalue weighted by Gasteiger charge is 2.17. The summed E-state index contributed by atoms with van der Waals surface area (Å²) in [6.07, 6.45) is 0. The number of carbonyl (C=O) groups is 1. The van der Waals surface area contributed by atoms with Crippen LogP contribution in [0.3, 0.4) is 0 Å². The van der Waals surface area contributed by atoms with Crippen LogP contribution in [-0.4, -0.2) is 39.5 Å². The van der Waals surface area contributed by atoms with Crippen molar-refractivity contribution in [2.24, 2.45) is 0 Å². The minimum Gasteiger partial charge on any atom is -0.462 e. The Labute approximate surface area is 100 Å². The molecule has 0 bridgehead atoms. The van der Waals surface area contributed by atoms with Crippen molar-refractivity contribution in [3.8, 4) is 0 Å². The van der Waals surface area contributed by atoms with Crippen LogP contribution < -0.4 is 10.2 Å². The number of benzene rings is 1. The summed E-state index contributed by atoms with van der Waals surface area (Å²) in [6.45, 7) is 1.81. The first kappa shape index (κ1) is 11.7. The molecular formula is C12H16N2O3. The predicted molar refractivity (Wildman–Crippen MR) is 65.1 cm³/mol. The summed E-state index contributed by atoms with van der Waals surface area (Å²) in [5.74, 6) is -0.326. The van der Waals surface area contributed by atoms with Gasteiger partial charge in [-0.1, -0.05) is 12.1 Å². The molecule has 2 rings (SSSR count). The summed E-state index contributed by atoms with van der Waals surface area (Å²) in [5.41, 5.74) is 2.27. The fourth-order valence-corrected chi connectivity index (χ4v) is 1.79. The van der Waals surface area contributed by atoms with Crippen molar-refractivity contribution < 1.29 is 14.3 Å². The van der Waals surface area contributed by atoms with Gasteiger partial charge in [0.05, 0.1) is 24.6 Å². The smallest absolute Gasteiger partial charge is 0.332 e. The molecule has 0 fully saturated rings. The van der Waals surface area contributed by atoms with Crippen LogP contribution in [0.15, 0.2) is 24.3 Å². The molecule has 1 N–H and O–H groups in total. The van der Waals surface area contributed by atoms with Gasteiger partial charge in [0.2, 0.25) is 0 Å².